The summed E-state index contributed by atoms with van der Waals surface area (Å²) in [4.78, 5) is 69.3. The van der Waals surface area contributed by atoms with Crippen LogP contribution in [-0.4, -0.2) is 118 Å². The van der Waals surface area contributed by atoms with Gasteiger partial charge in [0.1, 0.15) is 19.3 Å². The van der Waals surface area contributed by atoms with Crippen molar-refractivity contribution in [3.05, 3.63) is 35.9 Å². The molecule has 1 rings (SSSR count). The first kappa shape index (κ1) is 46.6. The molecule has 2 amide bonds. The number of Topliss-reactive ketones (excluding diaryl/α,β-unsaturated/α-hetero) is 2. The predicted molar refractivity (Wildman–Crippen MR) is 198 cm³/mol. The van der Waals surface area contributed by atoms with Crippen LogP contribution < -0.4 is 5.32 Å². The van der Waals surface area contributed by atoms with Gasteiger partial charge in [-0.3, -0.25) is 19.3 Å². The van der Waals surface area contributed by atoms with Crippen molar-refractivity contribution in [1.82, 2.24) is 15.1 Å². The van der Waals surface area contributed by atoms with E-state index < -0.39 is 90.5 Å². The highest BCUT2D eigenvalue weighted by Gasteiger charge is 2.51. The zero-order valence-corrected chi connectivity index (χ0v) is 33.2. The van der Waals surface area contributed by atoms with Crippen LogP contribution in [0.25, 0.3) is 0 Å². The van der Waals surface area contributed by atoms with Gasteiger partial charge >= 0.3 is 12.1 Å². The Kier molecular flexibility index (Phi) is 19.1. The van der Waals surface area contributed by atoms with Gasteiger partial charge in [0.2, 0.25) is 5.91 Å². The Morgan fingerprint density at radius 3 is 1.98 bits per heavy atom. The normalized spacial score (nSPS) is 17.0. The molecule has 1 aromatic rings. The third kappa shape index (κ3) is 13.5. The second-order valence-corrected chi connectivity index (χ2v) is 15.3. The van der Waals surface area contributed by atoms with E-state index in [9.17, 15) is 39.3 Å². The van der Waals surface area contributed by atoms with Gasteiger partial charge in [-0.2, -0.15) is 0 Å². The highest BCUT2D eigenvalue weighted by molar-refractivity contribution is 5.93. The van der Waals surface area contributed by atoms with E-state index in [-0.39, 0.29) is 18.3 Å². The van der Waals surface area contributed by atoms with Gasteiger partial charge in [0.05, 0.1) is 24.3 Å². The van der Waals surface area contributed by atoms with Crippen LogP contribution in [0, 0.1) is 17.3 Å². The molecular weight excluding hydrogens is 670 g/mol. The monoisotopic (exact) mass is 735 g/mol. The maximum absolute atomic E-state index is 13.8. The number of amides is 2. The van der Waals surface area contributed by atoms with Crippen molar-refractivity contribution >= 4 is 29.5 Å². The summed E-state index contributed by atoms with van der Waals surface area (Å²) >= 11 is 0. The molecule has 0 spiro atoms. The van der Waals surface area contributed by atoms with E-state index >= 15 is 0 Å². The summed E-state index contributed by atoms with van der Waals surface area (Å²) in [5.74, 6) is -2.93. The lowest BCUT2D eigenvalue weighted by atomic mass is 9.72. The molecule has 0 bridgehead atoms. The third-order valence-electron chi connectivity index (χ3n) is 10.1. The second-order valence-electron chi connectivity index (χ2n) is 15.3. The Bertz CT molecular complexity index is 1300. The van der Waals surface area contributed by atoms with Crippen molar-refractivity contribution < 1.29 is 48.8 Å². The summed E-state index contributed by atoms with van der Waals surface area (Å²) in [6.07, 6.45) is -1.51. The lowest BCUT2D eigenvalue weighted by molar-refractivity contribution is -0.184. The maximum atomic E-state index is 13.8. The van der Waals surface area contributed by atoms with Crippen LogP contribution in [-0.2, 0) is 35.3 Å². The number of rotatable bonds is 22. The molecule has 52 heavy (non-hydrogen) atoms. The number of carbonyl (C=O) groups is 5. The number of ketones is 2. The summed E-state index contributed by atoms with van der Waals surface area (Å²) in [5.41, 5.74) is -2.54. The van der Waals surface area contributed by atoms with Crippen LogP contribution in [0.4, 0.5) is 4.79 Å². The standard InChI is InChI=1S/C39H65N3O10/c1-12-25(2)33(40-9)32(46)22-39(50,38(6,7)8)36(48)51-24-30(44)21-31(45)34(26(3)17-16-18-27(4)43)42(11)35(47)28(5)41(10)37(49)52-23-29-19-14-13-15-20-29/h13-15,19-20,25-28,30,33-34,40,43-44,50H,12,16-18,21-24H2,1-11H3/t25-,26-,27?,28-,30?,33-,34-,39?/m0/s1. The van der Waals surface area contributed by atoms with Gasteiger partial charge in [-0.05, 0) is 51.1 Å². The van der Waals surface area contributed by atoms with Crippen molar-refractivity contribution in [3.8, 4) is 0 Å². The van der Waals surface area contributed by atoms with Gasteiger partial charge in [-0.1, -0.05) is 84.7 Å². The van der Waals surface area contributed by atoms with E-state index in [1.54, 1.807) is 53.8 Å². The number of nitrogens with zero attached hydrogens (tertiary/aromatic N) is 2. The number of ether oxygens (including phenoxy) is 2. The predicted octanol–water partition coefficient (Wildman–Crippen LogP) is 3.89. The Morgan fingerprint density at radius 1 is 0.865 bits per heavy atom. The average molecular weight is 736 g/mol. The average Bonchev–Trinajstić information content (AvgIpc) is 3.08. The molecule has 0 aliphatic rings. The zero-order chi connectivity index (χ0) is 40.0. The van der Waals surface area contributed by atoms with Crippen LogP contribution in [0.1, 0.15) is 99.5 Å². The number of hydrogen-bond donors (Lipinski definition) is 4. The number of benzene rings is 1. The quantitative estimate of drug-likeness (QED) is 0.127. The van der Waals surface area contributed by atoms with E-state index in [4.69, 9.17) is 9.47 Å². The van der Waals surface area contributed by atoms with E-state index in [0.717, 1.165) is 10.5 Å². The summed E-state index contributed by atoms with van der Waals surface area (Å²) in [6.45, 7) is 13.0. The molecule has 0 fully saturated rings. The molecule has 1 aromatic carbocycles. The molecule has 13 nitrogen and oxygen atoms in total. The van der Waals surface area contributed by atoms with Gasteiger partial charge in [0.25, 0.3) is 0 Å². The first-order chi connectivity index (χ1) is 24.1. The number of likely N-dealkylation sites (N-methyl/N-ethyl adjacent to an activating group) is 3. The fraction of sp³-hybridized carbons (Fsp3) is 0.718. The zero-order valence-electron chi connectivity index (χ0n) is 33.2. The minimum atomic E-state index is -2.21. The van der Waals surface area contributed by atoms with Crippen molar-refractivity contribution in [3.63, 3.8) is 0 Å². The molecular formula is C39H65N3O10. The molecule has 0 aliphatic heterocycles. The molecule has 4 N–H and O–H groups in total. The van der Waals surface area contributed by atoms with Crippen LogP contribution >= 0.6 is 0 Å². The summed E-state index contributed by atoms with van der Waals surface area (Å²) < 4.78 is 10.7. The first-order valence-electron chi connectivity index (χ1n) is 18.3. The lowest BCUT2D eigenvalue weighted by Crippen LogP contribution is -2.55. The Hall–Kier alpha value is -3.39. The van der Waals surface area contributed by atoms with Crippen LogP contribution in [0.5, 0.6) is 0 Å². The van der Waals surface area contributed by atoms with Crippen LogP contribution in [0.15, 0.2) is 30.3 Å². The van der Waals surface area contributed by atoms with E-state index in [1.807, 2.05) is 32.0 Å². The molecule has 0 saturated heterocycles. The van der Waals surface area contributed by atoms with Crippen molar-refractivity contribution in [2.24, 2.45) is 17.3 Å². The van der Waals surface area contributed by atoms with Crippen LogP contribution in [0.2, 0.25) is 0 Å². The maximum Gasteiger partial charge on any atom is 0.410 e. The molecule has 0 saturated carbocycles. The van der Waals surface area contributed by atoms with Crippen molar-refractivity contribution in [2.75, 3.05) is 27.7 Å². The fourth-order valence-corrected chi connectivity index (χ4v) is 6.09. The smallest absolute Gasteiger partial charge is 0.410 e. The molecule has 296 valence electrons. The second kappa shape index (κ2) is 21.3. The molecule has 0 aromatic heterocycles. The summed E-state index contributed by atoms with van der Waals surface area (Å²) in [7, 11) is 4.53. The van der Waals surface area contributed by atoms with Gasteiger partial charge in [0, 0.05) is 32.4 Å². The molecule has 0 radical (unpaired) electrons. The topological polar surface area (TPSA) is 183 Å². The van der Waals surface area contributed by atoms with Crippen molar-refractivity contribution in [1.29, 1.82) is 0 Å². The molecule has 0 aliphatic carbocycles. The number of aliphatic hydroxyl groups is 3. The SMILES string of the molecule is CC[C@H](C)[C@H](NC)C(=O)CC(O)(C(=O)OCC(O)CC(=O)[C@H]([C@@H](C)CCCC(C)O)N(C)C(=O)[C@H](C)N(C)C(=O)OCc1ccccc1)C(C)(C)C. The van der Waals surface area contributed by atoms with Gasteiger partial charge < -0.3 is 35.0 Å². The first-order valence-corrected chi connectivity index (χ1v) is 18.3. The van der Waals surface area contributed by atoms with Gasteiger partial charge in [-0.25, -0.2) is 9.59 Å². The fourth-order valence-electron chi connectivity index (χ4n) is 6.09. The van der Waals surface area contributed by atoms with Gasteiger partial charge in [0.15, 0.2) is 17.2 Å². The number of carbonyl (C=O) groups excluding carboxylic acids is 5. The van der Waals surface area contributed by atoms with E-state index in [2.05, 4.69) is 5.32 Å². The highest BCUT2D eigenvalue weighted by Crippen LogP contribution is 2.36. The minimum absolute atomic E-state index is 0.0165. The van der Waals surface area contributed by atoms with E-state index in [1.165, 1.54) is 25.9 Å². The van der Waals surface area contributed by atoms with E-state index in [0.29, 0.717) is 25.7 Å². The number of aliphatic hydroxyl groups excluding tert-OH is 2. The largest absolute Gasteiger partial charge is 0.461 e. The third-order valence-corrected chi connectivity index (χ3v) is 10.1. The number of nitrogens with one attached hydrogen (secondary N) is 1. The number of hydrogen-bond acceptors (Lipinski definition) is 11. The minimum Gasteiger partial charge on any atom is -0.461 e. The van der Waals surface area contributed by atoms with Crippen LogP contribution in [0.3, 0.4) is 0 Å². The number of esters is 1. The Morgan fingerprint density at radius 2 is 1.46 bits per heavy atom. The molecule has 3 unspecified atom stereocenters. The molecule has 8 atom stereocenters. The Balaban J connectivity index is 3.11. The summed E-state index contributed by atoms with van der Waals surface area (Å²) in [6, 6.07) is 6.48. The summed E-state index contributed by atoms with van der Waals surface area (Å²) in [5, 5.41) is 35.2. The molecule has 0 heterocycles. The van der Waals surface area contributed by atoms with Gasteiger partial charge in [-0.15, -0.1) is 0 Å². The van der Waals surface area contributed by atoms with Crippen molar-refractivity contribution in [2.45, 2.75) is 136 Å². The highest BCUT2D eigenvalue weighted by atomic mass is 16.6. The Labute approximate surface area is 310 Å². The molecule has 13 heteroatoms. The lowest BCUT2D eigenvalue weighted by Gasteiger charge is -2.38.